The Kier molecular flexibility index (Phi) is 8.22. The van der Waals surface area contributed by atoms with E-state index in [4.69, 9.17) is 16.3 Å². The highest BCUT2D eigenvalue weighted by atomic mass is 35.5. The number of likely N-dealkylation sites (N-methyl/N-ethyl adjacent to an activating group) is 1. The van der Waals surface area contributed by atoms with E-state index in [1.165, 1.54) is 31.3 Å². The highest BCUT2D eigenvalue weighted by Gasteiger charge is 2.28. The predicted octanol–water partition coefficient (Wildman–Crippen LogP) is 3.33. The molecule has 0 aliphatic carbocycles. The fourth-order valence-electron chi connectivity index (χ4n) is 2.78. The van der Waals surface area contributed by atoms with Crippen LogP contribution in [0.1, 0.15) is 26.3 Å². The zero-order valence-electron chi connectivity index (χ0n) is 18.0. The lowest BCUT2D eigenvalue weighted by Crippen LogP contribution is -2.47. The minimum Gasteiger partial charge on any atom is -0.455 e. The molecule has 7 nitrogen and oxygen atoms in total. The van der Waals surface area contributed by atoms with Crippen LogP contribution < -0.4 is 0 Å². The summed E-state index contributed by atoms with van der Waals surface area (Å²) in [5.74, 6) is -1.19. The maximum atomic E-state index is 12.7. The van der Waals surface area contributed by atoms with Gasteiger partial charge in [-0.05, 0) is 50.6 Å². The first kappa shape index (κ1) is 24.8. The molecule has 0 saturated heterocycles. The lowest BCUT2D eigenvalue weighted by Gasteiger charge is -2.35. The van der Waals surface area contributed by atoms with Crippen LogP contribution in [0, 0.1) is 0 Å². The van der Waals surface area contributed by atoms with Gasteiger partial charge >= 0.3 is 5.97 Å². The van der Waals surface area contributed by atoms with Crippen molar-refractivity contribution in [2.45, 2.75) is 37.8 Å². The third-order valence-electron chi connectivity index (χ3n) is 4.52. The van der Waals surface area contributed by atoms with E-state index in [9.17, 15) is 18.0 Å². The summed E-state index contributed by atoms with van der Waals surface area (Å²) in [7, 11) is -2.62. The van der Waals surface area contributed by atoms with Crippen LogP contribution in [-0.2, 0) is 30.9 Å². The van der Waals surface area contributed by atoms with E-state index < -0.39 is 34.7 Å². The number of halogens is 1. The van der Waals surface area contributed by atoms with Gasteiger partial charge in [0.25, 0.3) is 5.91 Å². The quantitative estimate of drug-likeness (QED) is 0.557. The summed E-state index contributed by atoms with van der Waals surface area (Å²) in [4.78, 5) is 26.6. The van der Waals surface area contributed by atoms with Gasteiger partial charge in [-0.3, -0.25) is 9.59 Å². The summed E-state index contributed by atoms with van der Waals surface area (Å²) in [5.41, 5.74) is 0.458. The molecule has 2 aromatic carbocycles. The summed E-state index contributed by atoms with van der Waals surface area (Å²) in [5, 5.41) is 0.401. The molecular weight excluding hydrogens is 440 g/mol. The molecule has 0 unspecified atom stereocenters. The van der Waals surface area contributed by atoms with Gasteiger partial charge in [-0.1, -0.05) is 41.9 Å². The highest BCUT2D eigenvalue weighted by molar-refractivity contribution is 7.89. The minimum atomic E-state index is -3.89. The zero-order valence-corrected chi connectivity index (χ0v) is 19.6. The van der Waals surface area contributed by atoms with Crippen LogP contribution in [0.3, 0.4) is 0 Å². The van der Waals surface area contributed by atoms with Crippen LogP contribution in [0.5, 0.6) is 0 Å². The van der Waals surface area contributed by atoms with Crippen LogP contribution in [0.25, 0.3) is 0 Å². The molecule has 9 heteroatoms. The Balaban J connectivity index is 1.98. The number of carbonyl (C=O) groups is 2. The van der Waals surface area contributed by atoms with Crippen molar-refractivity contribution in [3.63, 3.8) is 0 Å². The Morgan fingerprint density at radius 1 is 1.00 bits per heavy atom. The molecule has 0 heterocycles. The number of sulfonamides is 1. The van der Waals surface area contributed by atoms with Crippen molar-refractivity contribution < 1.29 is 22.7 Å². The molecule has 2 rings (SSSR count). The summed E-state index contributed by atoms with van der Waals surface area (Å²) < 4.78 is 31.1. The van der Waals surface area contributed by atoms with E-state index in [-0.39, 0.29) is 10.8 Å². The van der Waals surface area contributed by atoms with Crippen molar-refractivity contribution in [2.75, 3.05) is 20.2 Å². The number of benzene rings is 2. The SMILES string of the molecule is CN(CC(=O)OCC(=O)N(Cc1ccccc1)C(C)(C)C)S(=O)(=O)c1ccc(Cl)cc1. The lowest BCUT2D eigenvalue weighted by molar-refractivity contribution is -0.154. The first-order valence-corrected chi connectivity index (χ1v) is 11.4. The van der Waals surface area contributed by atoms with Crippen molar-refractivity contribution in [2.24, 2.45) is 0 Å². The standard InChI is InChI=1S/C22H27ClN2O5S/c1-22(2,3)25(14-17-8-6-5-7-9-17)20(26)16-30-21(27)15-24(4)31(28,29)19-12-10-18(23)11-13-19/h5-13H,14-16H2,1-4H3. The average molecular weight is 467 g/mol. The average Bonchev–Trinajstić information content (AvgIpc) is 2.70. The van der Waals surface area contributed by atoms with Crippen molar-refractivity contribution >= 4 is 33.5 Å². The largest absolute Gasteiger partial charge is 0.455 e. The number of amides is 1. The molecule has 0 aliphatic heterocycles. The number of esters is 1. The van der Waals surface area contributed by atoms with Crippen molar-refractivity contribution in [1.82, 2.24) is 9.21 Å². The Hall–Kier alpha value is -2.42. The van der Waals surface area contributed by atoms with Gasteiger partial charge in [0.05, 0.1) is 4.90 Å². The van der Waals surface area contributed by atoms with Crippen molar-refractivity contribution in [3.05, 3.63) is 65.2 Å². The number of carbonyl (C=O) groups excluding carboxylic acids is 2. The molecule has 2 aromatic rings. The zero-order chi connectivity index (χ0) is 23.2. The van der Waals surface area contributed by atoms with Gasteiger partial charge in [0, 0.05) is 24.2 Å². The van der Waals surface area contributed by atoms with E-state index in [1.54, 1.807) is 4.90 Å². The Bertz CT molecular complexity index is 1000. The maximum absolute atomic E-state index is 12.7. The van der Waals surface area contributed by atoms with Gasteiger partial charge in [-0.2, -0.15) is 4.31 Å². The molecule has 0 fully saturated rings. The molecule has 0 saturated carbocycles. The van der Waals surface area contributed by atoms with Gasteiger partial charge in [0.2, 0.25) is 10.0 Å². The van der Waals surface area contributed by atoms with Crippen molar-refractivity contribution in [1.29, 1.82) is 0 Å². The summed E-state index contributed by atoms with van der Waals surface area (Å²) in [6.45, 7) is 5.04. The van der Waals surface area contributed by atoms with Crippen LogP contribution >= 0.6 is 11.6 Å². The third-order valence-corrected chi connectivity index (χ3v) is 6.59. The number of hydrogen-bond acceptors (Lipinski definition) is 5. The predicted molar refractivity (Wildman–Crippen MR) is 119 cm³/mol. The van der Waals surface area contributed by atoms with E-state index >= 15 is 0 Å². The molecule has 0 N–H and O–H groups in total. The second kappa shape index (κ2) is 10.3. The van der Waals surface area contributed by atoms with E-state index in [0.717, 1.165) is 9.87 Å². The third kappa shape index (κ3) is 7.05. The molecule has 168 valence electrons. The molecule has 0 spiro atoms. The summed E-state index contributed by atoms with van der Waals surface area (Å²) in [6, 6.07) is 15.1. The number of nitrogens with zero attached hydrogens (tertiary/aromatic N) is 2. The van der Waals surface area contributed by atoms with Gasteiger partial charge in [0.1, 0.15) is 6.54 Å². The monoisotopic (exact) mass is 466 g/mol. The normalized spacial score (nSPS) is 11.9. The minimum absolute atomic E-state index is 0.00467. The van der Waals surface area contributed by atoms with E-state index in [0.29, 0.717) is 11.6 Å². The molecular formula is C22H27ClN2O5S. The second-order valence-electron chi connectivity index (χ2n) is 8.01. The topological polar surface area (TPSA) is 84.0 Å². The molecule has 0 atom stereocenters. The van der Waals surface area contributed by atoms with Crippen molar-refractivity contribution in [3.8, 4) is 0 Å². The number of hydrogen-bond donors (Lipinski definition) is 0. The first-order chi connectivity index (χ1) is 14.4. The Morgan fingerprint density at radius 2 is 1.58 bits per heavy atom. The molecule has 0 bridgehead atoms. The summed E-state index contributed by atoms with van der Waals surface area (Å²) in [6.07, 6.45) is 0. The molecule has 1 amide bonds. The first-order valence-electron chi connectivity index (χ1n) is 9.63. The van der Waals surface area contributed by atoms with Gasteiger partial charge in [-0.25, -0.2) is 8.42 Å². The molecule has 0 radical (unpaired) electrons. The van der Waals surface area contributed by atoms with Crippen LogP contribution in [0.4, 0.5) is 0 Å². The highest BCUT2D eigenvalue weighted by Crippen LogP contribution is 2.19. The fraction of sp³-hybridized carbons (Fsp3) is 0.364. The van der Waals surface area contributed by atoms with Crippen LogP contribution in [0.2, 0.25) is 5.02 Å². The molecule has 31 heavy (non-hydrogen) atoms. The fourth-order valence-corrected chi connectivity index (χ4v) is 4.03. The number of ether oxygens (including phenoxy) is 1. The summed E-state index contributed by atoms with van der Waals surface area (Å²) >= 11 is 5.79. The van der Waals surface area contributed by atoms with Gasteiger partial charge < -0.3 is 9.64 Å². The molecule has 0 aliphatic rings. The second-order valence-corrected chi connectivity index (χ2v) is 10.5. The van der Waals surface area contributed by atoms with Gasteiger partial charge in [-0.15, -0.1) is 0 Å². The van der Waals surface area contributed by atoms with Crippen LogP contribution in [0.15, 0.2) is 59.5 Å². The maximum Gasteiger partial charge on any atom is 0.321 e. The van der Waals surface area contributed by atoms with Crippen LogP contribution in [-0.4, -0.2) is 55.2 Å². The smallest absolute Gasteiger partial charge is 0.321 e. The molecule has 0 aromatic heterocycles. The Morgan fingerprint density at radius 3 is 2.13 bits per heavy atom. The van der Waals surface area contributed by atoms with E-state index in [1.807, 2.05) is 51.1 Å². The lowest BCUT2D eigenvalue weighted by atomic mass is 10.0. The van der Waals surface area contributed by atoms with E-state index in [2.05, 4.69) is 0 Å². The van der Waals surface area contributed by atoms with Gasteiger partial charge in [0.15, 0.2) is 6.61 Å². The Labute approximate surface area is 188 Å². The number of rotatable bonds is 8.